The highest BCUT2D eigenvalue weighted by Gasteiger charge is 2.28. The van der Waals surface area contributed by atoms with Crippen LogP contribution in [0.3, 0.4) is 0 Å². The van der Waals surface area contributed by atoms with Crippen LogP contribution in [-0.2, 0) is 17.8 Å². The van der Waals surface area contributed by atoms with Gasteiger partial charge >= 0.3 is 0 Å². The van der Waals surface area contributed by atoms with E-state index in [1.54, 1.807) is 0 Å². The molecule has 0 unspecified atom stereocenters. The lowest BCUT2D eigenvalue weighted by Crippen LogP contribution is -2.40. The number of amides is 1. The maximum absolute atomic E-state index is 12.7. The number of piperidine rings is 1. The van der Waals surface area contributed by atoms with Crippen molar-refractivity contribution in [2.45, 2.75) is 70.3 Å². The normalized spacial score (nSPS) is 24.2. The van der Waals surface area contributed by atoms with Crippen LogP contribution in [0.4, 0.5) is 0 Å². The molecular formula is C21H32N4O2. The van der Waals surface area contributed by atoms with E-state index in [4.69, 9.17) is 4.98 Å². The molecule has 1 aromatic heterocycles. The van der Waals surface area contributed by atoms with Gasteiger partial charge in [0.1, 0.15) is 5.82 Å². The highest BCUT2D eigenvalue weighted by atomic mass is 16.2. The molecule has 0 spiro atoms. The molecule has 1 N–H and O–H groups in total. The van der Waals surface area contributed by atoms with Crippen LogP contribution in [0.1, 0.15) is 74.4 Å². The van der Waals surface area contributed by atoms with Crippen LogP contribution in [0.25, 0.3) is 0 Å². The molecule has 2 aliphatic heterocycles. The van der Waals surface area contributed by atoms with E-state index < -0.39 is 0 Å². The number of aromatic nitrogens is 2. The van der Waals surface area contributed by atoms with Gasteiger partial charge in [-0.2, -0.15) is 0 Å². The monoisotopic (exact) mass is 372 g/mol. The van der Waals surface area contributed by atoms with Crippen molar-refractivity contribution in [2.24, 2.45) is 5.92 Å². The van der Waals surface area contributed by atoms with Crippen molar-refractivity contribution in [1.29, 1.82) is 0 Å². The summed E-state index contributed by atoms with van der Waals surface area (Å²) in [4.78, 5) is 37.2. The van der Waals surface area contributed by atoms with Gasteiger partial charge in [0, 0.05) is 44.9 Å². The van der Waals surface area contributed by atoms with Gasteiger partial charge in [0.15, 0.2) is 0 Å². The van der Waals surface area contributed by atoms with Crippen LogP contribution in [0.2, 0.25) is 0 Å². The van der Waals surface area contributed by atoms with Crippen LogP contribution < -0.4 is 5.56 Å². The number of nitrogens with zero attached hydrogens (tertiary/aromatic N) is 3. The Morgan fingerprint density at radius 1 is 1.19 bits per heavy atom. The number of fused-ring (bicyclic) bond motifs is 1. The lowest BCUT2D eigenvalue weighted by atomic mass is 9.95. The Bertz CT molecular complexity index is 738. The smallest absolute Gasteiger partial charge is 0.255 e. The second-order valence-electron chi connectivity index (χ2n) is 8.73. The van der Waals surface area contributed by atoms with Crippen LogP contribution in [0.5, 0.6) is 0 Å². The van der Waals surface area contributed by atoms with Crippen molar-refractivity contribution in [3.63, 3.8) is 0 Å². The highest BCUT2D eigenvalue weighted by Crippen LogP contribution is 2.30. The lowest BCUT2D eigenvalue weighted by molar-refractivity contribution is -0.132. The van der Waals surface area contributed by atoms with Gasteiger partial charge in [-0.25, -0.2) is 4.98 Å². The molecule has 148 valence electrons. The quantitative estimate of drug-likeness (QED) is 0.881. The fraction of sp³-hybridized carbons (Fsp3) is 0.762. The molecule has 2 fully saturated rings. The maximum atomic E-state index is 12.7. The number of H-pyrrole nitrogens is 1. The third-order valence-corrected chi connectivity index (χ3v) is 6.68. The molecule has 1 amide bonds. The number of likely N-dealkylation sites (N-methyl/N-ethyl adjacent to an activating group) is 1. The summed E-state index contributed by atoms with van der Waals surface area (Å²) in [6.07, 6.45) is 9.79. The summed E-state index contributed by atoms with van der Waals surface area (Å²) in [6, 6.07) is 0. The Morgan fingerprint density at radius 3 is 2.81 bits per heavy atom. The zero-order valence-electron chi connectivity index (χ0n) is 16.5. The topological polar surface area (TPSA) is 69.3 Å². The first kappa shape index (κ1) is 18.7. The van der Waals surface area contributed by atoms with E-state index in [1.165, 1.54) is 25.7 Å². The molecule has 1 aromatic rings. The van der Waals surface area contributed by atoms with Crippen LogP contribution in [0, 0.1) is 5.92 Å². The molecule has 1 atom stereocenters. The Kier molecular flexibility index (Phi) is 5.62. The van der Waals surface area contributed by atoms with Gasteiger partial charge in [-0.1, -0.05) is 25.7 Å². The number of likely N-dealkylation sites (tertiary alicyclic amines) is 1. The Morgan fingerprint density at radius 2 is 2.00 bits per heavy atom. The molecule has 1 saturated heterocycles. The zero-order chi connectivity index (χ0) is 18.8. The van der Waals surface area contributed by atoms with E-state index in [2.05, 4.69) is 9.88 Å². The van der Waals surface area contributed by atoms with Crippen molar-refractivity contribution < 1.29 is 4.79 Å². The predicted octanol–water partition coefficient (Wildman–Crippen LogP) is 2.43. The van der Waals surface area contributed by atoms with Crippen molar-refractivity contribution in [3.05, 3.63) is 27.4 Å². The first-order valence-corrected chi connectivity index (χ1v) is 10.7. The molecule has 1 aliphatic carbocycles. The first-order chi connectivity index (χ1) is 13.1. The minimum absolute atomic E-state index is 0.00577. The van der Waals surface area contributed by atoms with Gasteiger partial charge in [0.25, 0.3) is 5.56 Å². The average Bonchev–Trinajstić information content (AvgIpc) is 3.20. The van der Waals surface area contributed by atoms with E-state index in [0.717, 1.165) is 61.8 Å². The van der Waals surface area contributed by atoms with E-state index >= 15 is 0 Å². The largest absolute Gasteiger partial charge is 0.342 e. The average molecular weight is 373 g/mol. The number of hydrogen-bond acceptors (Lipinski definition) is 4. The van der Waals surface area contributed by atoms with E-state index in [1.807, 2.05) is 11.9 Å². The summed E-state index contributed by atoms with van der Waals surface area (Å²) in [5.41, 5.74) is 1.77. The molecule has 4 rings (SSSR count). The van der Waals surface area contributed by atoms with Crippen molar-refractivity contribution in [3.8, 4) is 0 Å². The number of carbonyl (C=O) groups is 1. The summed E-state index contributed by atoms with van der Waals surface area (Å²) >= 11 is 0. The fourth-order valence-electron chi connectivity index (χ4n) is 4.98. The molecule has 6 nitrogen and oxygen atoms in total. The molecule has 27 heavy (non-hydrogen) atoms. The van der Waals surface area contributed by atoms with Gasteiger partial charge in [0.05, 0.1) is 11.3 Å². The Labute approximate surface area is 161 Å². The van der Waals surface area contributed by atoms with Gasteiger partial charge < -0.3 is 14.8 Å². The van der Waals surface area contributed by atoms with Gasteiger partial charge in [-0.15, -0.1) is 0 Å². The van der Waals surface area contributed by atoms with Crippen molar-refractivity contribution >= 4 is 5.91 Å². The molecule has 0 bridgehead atoms. The lowest BCUT2D eigenvalue weighted by Gasteiger charge is -2.33. The van der Waals surface area contributed by atoms with Gasteiger partial charge in [-0.05, 0) is 32.2 Å². The molecule has 3 heterocycles. The minimum atomic E-state index is 0.00577. The number of rotatable bonds is 4. The third-order valence-electron chi connectivity index (χ3n) is 6.68. The summed E-state index contributed by atoms with van der Waals surface area (Å²) in [6.45, 7) is 3.17. The molecule has 1 saturated carbocycles. The molecule has 0 radical (unpaired) electrons. The van der Waals surface area contributed by atoms with Crippen LogP contribution >= 0.6 is 0 Å². The van der Waals surface area contributed by atoms with E-state index in [0.29, 0.717) is 19.5 Å². The molecule has 3 aliphatic rings. The summed E-state index contributed by atoms with van der Waals surface area (Å²) in [5, 5.41) is 0. The number of aromatic amines is 1. The molecule has 0 aromatic carbocycles. The van der Waals surface area contributed by atoms with E-state index in [-0.39, 0.29) is 17.4 Å². The minimum Gasteiger partial charge on any atom is -0.342 e. The van der Waals surface area contributed by atoms with Gasteiger partial charge in [-0.3, -0.25) is 9.59 Å². The van der Waals surface area contributed by atoms with Gasteiger partial charge in [0.2, 0.25) is 5.91 Å². The maximum Gasteiger partial charge on any atom is 0.255 e. The number of hydrogen-bond donors (Lipinski definition) is 1. The number of carbonyl (C=O) groups excluding carboxylic acids is 1. The second-order valence-corrected chi connectivity index (χ2v) is 8.73. The number of nitrogens with one attached hydrogen (secondary N) is 1. The van der Waals surface area contributed by atoms with E-state index in [9.17, 15) is 9.59 Å². The van der Waals surface area contributed by atoms with Crippen LogP contribution in [0.15, 0.2) is 4.79 Å². The zero-order valence-corrected chi connectivity index (χ0v) is 16.5. The third kappa shape index (κ3) is 4.26. The van der Waals surface area contributed by atoms with Crippen molar-refractivity contribution in [1.82, 2.24) is 19.8 Å². The predicted molar refractivity (Wildman–Crippen MR) is 105 cm³/mol. The Balaban J connectivity index is 1.41. The summed E-state index contributed by atoms with van der Waals surface area (Å²) in [5.74, 6) is 1.99. The fourth-order valence-corrected chi connectivity index (χ4v) is 4.98. The second kappa shape index (κ2) is 8.13. The molecular weight excluding hydrogens is 340 g/mol. The highest BCUT2D eigenvalue weighted by molar-refractivity contribution is 5.76. The molecule has 6 heteroatoms. The van der Waals surface area contributed by atoms with Crippen LogP contribution in [-0.4, -0.2) is 52.4 Å². The standard InChI is InChI=1S/C21H32N4O2/c1-24-12-10-18-17(14-24)21(27)23-20(22-18)16-7-4-11-25(13-16)19(26)9-8-15-5-2-3-6-15/h15-16H,2-14H2,1H3,(H,22,23,27)/t16-/m1/s1. The summed E-state index contributed by atoms with van der Waals surface area (Å²) < 4.78 is 0. The first-order valence-electron chi connectivity index (χ1n) is 10.7. The Hall–Kier alpha value is -1.69. The van der Waals surface area contributed by atoms with Crippen molar-refractivity contribution in [2.75, 3.05) is 26.7 Å². The summed E-state index contributed by atoms with van der Waals surface area (Å²) in [7, 11) is 2.03. The SMILES string of the molecule is CN1CCc2nc([C@@H]3CCCN(C(=O)CCC4CCCC4)C3)[nH]c(=O)c2C1.